The zero-order valence-electron chi connectivity index (χ0n) is 14.6. The van der Waals surface area contributed by atoms with Crippen molar-refractivity contribution in [3.8, 4) is 11.5 Å². The van der Waals surface area contributed by atoms with Gasteiger partial charge >= 0.3 is 0 Å². The zero-order valence-corrected chi connectivity index (χ0v) is 16.1. The Balaban J connectivity index is 1.54. The van der Waals surface area contributed by atoms with E-state index < -0.39 is 0 Å². The molecule has 0 radical (unpaired) electrons. The highest BCUT2D eigenvalue weighted by atomic mass is 35.5. The van der Waals surface area contributed by atoms with Gasteiger partial charge in [-0.05, 0) is 67.6 Å². The minimum absolute atomic E-state index is 0.697. The maximum Gasteiger partial charge on any atom is 0.127 e. The summed E-state index contributed by atoms with van der Waals surface area (Å²) in [6.45, 7) is 2.05. The second-order valence-corrected chi connectivity index (χ2v) is 6.80. The van der Waals surface area contributed by atoms with Crippen molar-refractivity contribution in [2.24, 2.45) is 0 Å². The maximum atomic E-state index is 6.35. The Labute approximate surface area is 164 Å². The highest BCUT2D eigenvalue weighted by molar-refractivity contribution is 6.31. The fraction of sp³-hybridized carbons (Fsp3) is 0.238. The summed E-state index contributed by atoms with van der Waals surface area (Å²) in [7, 11) is 0. The summed E-state index contributed by atoms with van der Waals surface area (Å²) in [4.78, 5) is 8.52. The number of aryl methyl sites for hydroxylation is 3. The largest absolute Gasteiger partial charge is 0.457 e. The number of rotatable bonds is 7. The van der Waals surface area contributed by atoms with Gasteiger partial charge in [-0.2, -0.15) is 0 Å². The molecular formula is C21H20Cl2N2O. The number of hydrogen-bond acceptors (Lipinski definition) is 3. The third-order valence-electron chi connectivity index (χ3n) is 4.12. The van der Waals surface area contributed by atoms with E-state index >= 15 is 0 Å². The molecule has 1 aromatic heterocycles. The topological polar surface area (TPSA) is 35.0 Å². The SMILES string of the molecule is CCc1ncnc(CCCc2ccc(Oc3ccc(Cl)cc3)cc2)c1Cl. The van der Waals surface area contributed by atoms with E-state index in [1.165, 1.54) is 5.56 Å². The van der Waals surface area contributed by atoms with Gasteiger partial charge in [-0.25, -0.2) is 9.97 Å². The standard InChI is InChI=1S/C21H20Cl2N2O/c1-2-19-21(23)20(25-14-24-19)5-3-4-15-6-10-17(11-7-15)26-18-12-8-16(22)9-13-18/h6-14H,2-5H2,1H3. The van der Waals surface area contributed by atoms with Crippen LogP contribution in [0.3, 0.4) is 0 Å². The second-order valence-electron chi connectivity index (χ2n) is 5.99. The third kappa shape index (κ3) is 4.96. The molecule has 0 bridgehead atoms. The molecule has 3 nitrogen and oxygen atoms in total. The molecule has 0 aliphatic rings. The molecule has 3 aromatic rings. The van der Waals surface area contributed by atoms with E-state index in [1.54, 1.807) is 6.33 Å². The predicted molar refractivity (Wildman–Crippen MR) is 106 cm³/mol. The first kappa shape index (κ1) is 18.7. The van der Waals surface area contributed by atoms with E-state index in [2.05, 4.69) is 22.1 Å². The van der Waals surface area contributed by atoms with Gasteiger partial charge in [0.2, 0.25) is 0 Å². The van der Waals surface area contributed by atoms with Gasteiger partial charge in [0.15, 0.2) is 0 Å². The lowest BCUT2D eigenvalue weighted by Crippen LogP contribution is -1.99. The summed E-state index contributed by atoms with van der Waals surface area (Å²) in [5.41, 5.74) is 3.11. The smallest absolute Gasteiger partial charge is 0.127 e. The molecule has 0 aliphatic heterocycles. The first-order valence-corrected chi connectivity index (χ1v) is 9.42. The lowest BCUT2D eigenvalue weighted by Gasteiger charge is -2.08. The molecule has 0 unspecified atom stereocenters. The monoisotopic (exact) mass is 386 g/mol. The van der Waals surface area contributed by atoms with Crippen molar-refractivity contribution in [1.29, 1.82) is 0 Å². The van der Waals surface area contributed by atoms with Gasteiger partial charge in [0.05, 0.1) is 16.4 Å². The molecule has 5 heteroatoms. The summed E-state index contributed by atoms with van der Waals surface area (Å²) in [5.74, 6) is 1.58. The van der Waals surface area contributed by atoms with Crippen LogP contribution < -0.4 is 4.74 Å². The van der Waals surface area contributed by atoms with Gasteiger partial charge in [0.25, 0.3) is 0 Å². The molecule has 0 spiro atoms. The van der Waals surface area contributed by atoms with Crippen LogP contribution in [-0.4, -0.2) is 9.97 Å². The van der Waals surface area contributed by atoms with Crippen molar-refractivity contribution in [3.63, 3.8) is 0 Å². The second kappa shape index (κ2) is 9.02. The fourth-order valence-corrected chi connectivity index (χ4v) is 3.14. The number of benzene rings is 2. The van der Waals surface area contributed by atoms with Crippen LogP contribution in [0.2, 0.25) is 10.0 Å². The quantitative estimate of drug-likeness (QED) is 0.476. The van der Waals surface area contributed by atoms with Crippen LogP contribution >= 0.6 is 23.2 Å². The van der Waals surface area contributed by atoms with Crippen LogP contribution in [0.25, 0.3) is 0 Å². The average Bonchev–Trinajstić information content (AvgIpc) is 2.66. The summed E-state index contributed by atoms with van der Waals surface area (Å²) in [6, 6.07) is 15.5. The van der Waals surface area contributed by atoms with Gasteiger partial charge < -0.3 is 4.74 Å². The summed E-state index contributed by atoms with van der Waals surface area (Å²) in [6.07, 6.45) is 5.21. The molecule has 1 heterocycles. The van der Waals surface area contributed by atoms with Gasteiger partial charge in [-0.15, -0.1) is 0 Å². The van der Waals surface area contributed by atoms with Crippen molar-refractivity contribution >= 4 is 23.2 Å². The molecular weight excluding hydrogens is 367 g/mol. The molecule has 0 saturated carbocycles. The van der Waals surface area contributed by atoms with E-state index in [0.717, 1.165) is 48.6 Å². The Morgan fingerprint density at radius 2 is 1.42 bits per heavy atom. The molecule has 0 N–H and O–H groups in total. The van der Waals surface area contributed by atoms with Crippen molar-refractivity contribution in [3.05, 3.63) is 81.9 Å². The van der Waals surface area contributed by atoms with Crippen LogP contribution in [-0.2, 0) is 19.3 Å². The lowest BCUT2D eigenvalue weighted by molar-refractivity contribution is 0.482. The Hall–Kier alpha value is -2.10. The molecule has 3 rings (SSSR count). The maximum absolute atomic E-state index is 6.35. The van der Waals surface area contributed by atoms with Crippen LogP contribution in [0.4, 0.5) is 0 Å². The van der Waals surface area contributed by atoms with Crippen molar-refractivity contribution in [2.45, 2.75) is 32.6 Å². The number of aromatic nitrogens is 2. The van der Waals surface area contributed by atoms with Crippen LogP contribution in [0.5, 0.6) is 11.5 Å². The Morgan fingerprint density at radius 1 is 0.808 bits per heavy atom. The van der Waals surface area contributed by atoms with Gasteiger partial charge in [-0.1, -0.05) is 42.3 Å². The highest BCUT2D eigenvalue weighted by Crippen LogP contribution is 2.24. The predicted octanol–water partition coefficient (Wildman–Crippen LogP) is 6.31. The highest BCUT2D eigenvalue weighted by Gasteiger charge is 2.07. The van der Waals surface area contributed by atoms with E-state index in [4.69, 9.17) is 27.9 Å². The fourth-order valence-electron chi connectivity index (χ4n) is 2.69. The Bertz CT molecular complexity index is 849. The van der Waals surface area contributed by atoms with Crippen LogP contribution in [0, 0.1) is 0 Å². The summed E-state index contributed by atoms with van der Waals surface area (Å²) >= 11 is 12.2. The Kier molecular flexibility index (Phi) is 6.48. The minimum atomic E-state index is 0.697. The Morgan fingerprint density at radius 3 is 2.08 bits per heavy atom. The molecule has 0 fully saturated rings. The third-order valence-corrected chi connectivity index (χ3v) is 4.81. The normalized spacial score (nSPS) is 10.7. The van der Waals surface area contributed by atoms with E-state index in [-0.39, 0.29) is 0 Å². The minimum Gasteiger partial charge on any atom is -0.457 e. The van der Waals surface area contributed by atoms with E-state index in [0.29, 0.717) is 10.0 Å². The number of halogens is 2. The molecule has 0 atom stereocenters. The molecule has 0 amide bonds. The van der Waals surface area contributed by atoms with Crippen molar-refractivity contribution in [1.82, 2.24) is 9.97 Å². The number of ether oxygens (including phenoxy) is 1. The number of hydrogen-bond donors (Lipinski definition) is 0. The average molecular weight is 387 g/mol. The van der Waals surface area contributed by atoms with E-state index in [9.17, 15) is 0 Å². The van der Waals surface area contributed by atoms with Crippen molar-refractivity contribution < 1.29 is 4.74 Å². The summed E-state index contributed by atoms with van der Waals surface area (Å²) < 4.78 is 5.81. The van der Waals surface area contributed by atoms with E-state index in [1.807, 2.05) is 43.3 Å². The summed E-state index contributed by atoms with van der Waals surface area (Å²) in [5, 5.41) is 1.41. The van der Waals surface area contributed by atoms with Crippen LogP contribution in [0.15, 0.2) is 54.9 Å². The molecule has 26 heavy (non-hydrogen) atoms. The van der Waals surface area contributed by atoms with Gasteiger partial charge in [0.1, 0.15) is 17.8 Å². The molecule has 0 aliphatic carbocycles. The molecule has 2 aromatic carbocycles. The first-order valence-electron chi connectivity index (χ1n) is 8.66. The molecule has 134 valence electrons. The molecule has 0 saturated heterocycles. The van der Waals surface area contributed by atoms with Crippen molar-refractivity contribution in [2.75, 3.05) is 0 Å². The van der Waals surface area contributed by atoms with Gasteiger partial charge in [0, 0.05) is 5.02 Å². The number of nitrogens with zero attached hydrogens (tertiary/aromatic N) is 2. The zero-order chi connectivity index (χ0) is 18.4. The van der Waals surface area contributed by atoms with Crippen LogP contribution in [0.1, 0.15) is 30.3 Å². The first-order chi connectivity index (χ1) is 12.7. The lowest BCUT2D eigenvalue weighted by atomic mass is 10.1. The van der Waals surface area contributed by atoms with Gasteiger partial charge in [-0.3, -0.25) is 0 Å².